The lowest BCUT2D eigenvalue weighted by Crippen LogP contribution is -1.96. The number of hydrogen-bond donors (Lipinski definition) is 2. The van der Waals surface area contributed by atoms with E-state index in [1.54, 1.807) is 0 Å². The zero-order chi connectivity index (χ0) is 24.0. The monoisotopic (exact) mass is 478 g/mol. The third-order valence-corrected chi connectivity index (χ3v) is 6.69. The number of allylic oxidation sites excluding steroid dienone is 2. The van der Waals surface area contributed by atoms with E-state index in [1.165, 1.54) is 108 Å². The van der Waals surface area contributed by atoms with Crippen LogP contribution >= 0.6 is 8.60 Å². The second kappa shape index (κ2) is 21.6. The van der Waals surface area contributed by atoms with Crippen molar-refractivity contribution in [2.24, 2.45) is 0 Å². The van der Waals surface area contributed by atoms with Crippen molar-refractivity contribution in [3.63, 3.8) is 0 Å². The minimum absolute atomic E-state index is 0.637. The lowest BCUT2D eigenvalue weighted by atomic mass is 9.99. The van der Waals surface area contributed by atoms with Crippen LogP contribution in [0.15, 0.2) is 30.4 Å². The van der Waals surface area contributed by atoms with Gasteiger partial charge in [-0.15, -0.1) is 0 Å². The van der Waals surface area contributed by atoms with Crippen LogP contribution in [-0.4, -0.2) is 9.79 Å². The number of unbranched alkanes of at least 4 members (excludes halogenated alkanes) is 14. The van der Waals surface area contributed by atoms with Gasteiger partial charge in [0.2, 0.25) is 0 Å². The van der Waals surface area contributed by atoms with Gasteiger partial charge in [0.15, 0.2) is 0 Å². The first-order chi connectivity index (χ1) is 16.2. The van der Waals surface area contributed by atoms with E-state index < -0.39 is 8.60 Å². The Morgan fingerprint density at radius 3 is 1.79 bits per heavy atom. The molecular weight excluding hydrogens is 427 g/mol. The average molecular weight is 479 g/mol. The van der Waals surface area contributed by atoms with E-state index >= 15 is 0 Å². The number of hydrogen-bond acceptors (Lipinski definition) is 3. The number of benzene rings is 1. The second-order valence-electron chi connectivity index (χ2n) is 9.43. The highest BCUT2D eigenvalue weighted by Crippen LogP contribution is 2.33. The largest absolute Gasteiger partial charge is 0.427 e. The zero-order valence-corrected chi connectivity index (χ0v) is 22.5. The van der Waals surface area contributed by atoms with Gasteiger partial charge in [0, 0.05) is 0 Å². The maximum absolute atomic E-state index is 9.28. The standard InChI is InChI=1S/C29H51O3P/c1-3-5-7-8-9-10-11-12-13-14-15-16-17-18-19-21-23-28-26-27(22-20-6-4-2)24-25-29(28)32-33(30)31/h12-13,24-26,30-31H,3-11,14-23H2,1-2H3. The molecule has 0 amide bonds. The predicted molar refractivity (Wildman–Crippen MR) is 145 cm³/mol. The predicted octanol–water partition coefficient (Wildman–Crippen LogP) is 9.59. The smallest absolute Gasteiger partial charge is 0.391 e. The van der Waals surface area contributed by atoms with Gasteiger partial charge in [-0.2, -0.15) is 0 Å². The molecule has 1 aromatic rings. The molecule has 0 aliphatic rings. The topological polar surface area (TPSA) is 49.7 Å². The van der Waals surface area contributed by atoms with Gasteiger partial charge >= 0.3 is 8.60 Å². The molecule has 0 saturated heterocycles. The summed E-state index contributed by atoms with van der Waals surface area (Å²) in [7, 11) is -2.36. The van der Waals surface area contributed by atoms with E-state index in [2.05, 4.69) is 38.1 Å². The van der Waals surface area contributed by atoms with Crippen molar-refractivity contribution in [1.82, 2.24) is 0 Å². The molecule has 0 fully saturated rings. The van der Waals surface area contributed by atoms with Gasteiger partial charge in [-0.3, -0.25) is 0 Å². The Kier molecular flexibility index (Phi) is 19.8. The lowest BCUT2D eigenvalue weighted by Gasteiger charge is -2.13. The summed E-state index contributed by atoms with van der Waals surface area (Å²) in [4.78, 5) is 18.6. The second-order valence-corrected chi connectivity index (χ2v) is 10.1. The molecule has 0 spiro atoms. The minimum Gasteiger partial charge on any atom is -0.427 e. The molecule has 190 valence electrons. The molecule has 3 nitrogen and oxygen atoms in total. The highest BCUT2D eigenvalue weighted by Gasteiger charge is 2.10. The molecule has 33 heavy (non-hydrogen) atoms. The van der Waals surface area contributed by atoms with E-state index in [0.29, 0.717) is 5.75 Å². The maximum Gasteiger partial charge on any atom is 0.391 e. The van der Waals surface area contributed by atoms with Crippen LogP contribution in [0.5, 0.6) is 5.75 Å². The van der Waals surface area contributed by atoms with Gasteiger partial charge in [0.1, 0.15) is 5.75 Å². The lowest BCUT2D eigenvalue weighted by molar-refractivity contribution is 0.373. The zero-order valence-electron chi connectivity index (χ0n) is 21.6. The van der Waals surface area contributed by atoms with Gasteiger partial charge in [-0.05, 0) is 68.6 Å². The summed E-state index contributed by atoms with van der Waals surface area (Å²) in [5, 5.41) is 0. The highest BCUT2D eigenvalue weighted by atomic mass is 31.2. The maximum atomic E-state index is 9.28. The molecule has 0 aromatic heterocycles. The Morgan fingerprint density at radius 2 is 1.18 bits per heavy atom. The molecule has 4 heteroatoms. The average Bonchev–Trinajstić information content (AvgIpc) is 2.80. The summed E-state index contributed by atoms with van der Waals surface area (Å²) in [6, 6.07) is 6.19. The molecule has 0 unspecified atom stereocenters. The van der Waals surface area contributed by atoms with Crippen molar-refractivity contribution in [2.75, 3.05) is 0 Å². The van der Waals surface area contributed by atoms with Crippen LogP contribution in [0.3, 0.4) is 0 Å². The van der Waals surface area contributed by atoms with Crippen molar-refractivity contribution in [3.05, 3.63) is 41.5 Å². The summed E-state index contributed by atoms with van der Waals surface area (Å²) < 4.78 is 5.27. The minimum atomic E-state index is -2.36. The van der Waals surface area contributed by atoms with E-state index in [1.807, 2.05) is 6.07 Å². The summed E-state index contributed by atoms with van der Waals surface area (Å²) >= 11 is 0. The fourth-order valence-corrected chi connectivity index (χ4v) is 4.66. The Bertz CT molecular complexity index is 601. The van der Waals surface area contributed by atoms with Crippen LogP contribution in [0.4, 0.5) is 0 Å². The van der Waals surface area contributed by atoms with Crippen molar-refractivity contribution >= 4 is 8.60 Å². The molecule has 0 atom stereocenters. The van der Waals surface area contributed by atoms with Crippen molar-refractivity contribution in [2.45, 2.75) is 136 Å². The first-order valence-electron chi connectivity index (χ1n) is 13.8. The molecule has 0 aliphatic heterocycles. The quantitative estimate of drug-likeness (QED) is 0.0990. The van der Waals surface area contributed by atoms with Crippen molar-refractivity contribution in [3.8, 4) is 5.75 Å². The van der Waals surface area contributed by atoms with E-state index in [4.69, 9.17) is 4.52 Å². The van der Waals surface area contributed by atoms with Gasteiger partial charge in [-0.25, -0.2) is 0 Å². The van der Waals surface area contributed by atoms with Crippen molar-refractivity contribution < 1.29 is 14.3 Å². The summed E-state index contributed by atoms with van der Waals surface area (Å²) in [6.07, 6.45) is 28.8. The Morgan fingerprint density at radius 1 is 0.667 bits per heavy atom. The van der Waals surface area contributed by atoms with Gasteiger partial charge in [0.05, 0.1) is 0 Å². The SMILES string of the molecule is CCCCCCCCC=CCCCCCCCCc1cc(CCCCC)ccc1OP(O)O. The van der Waals surface area contributed by atoms with Gasteiger partial charge < -0.3 is 14.3 Å². The normalized spacial score (nSPS) is 11.7. The van der Waals surface area contributed by atoms with Crippen LogP contribution in [0.25, 0.3) is 0 Å². The third kappa shape index (κ3) is 17.2. The van der Waals surface area contributed by atoms with Gasteiger partial charge in [-0.1, -0.05) is 109 Å². The van der Waals surface area contributed by atoms with Crippen LogP contribution < -0.4 is 4.52 Å². The molecule has 0 saturated carbocycles. The molecule has 0 heterocycles. The Balaban J connectivity index is 2.14. The van der Waals surface area contributed by atoms with Crippen LogP contribution in [0.1, 0.15) is 134 Å². The third-order valence-electron chi connectivity index (χ3n) is 6.33. The number of aryl methyl sites for hydroxylation is 2. The molecule has 2 N–H and O–H groups in total. The van der Waals surface area contributed by atoms with Crippen molar-refractivity contribution in [1.29, 1.82) is 0 Å². The van der Waals surface area contributed by atoms with Crippen LogP contribution in [-0.2, 0) is 12.8 Å². The number of rotatable bonds is 22. The van der Waals surface area contributed by atoms with Crippen LogP contribution in [0, 0.1) is 0 Å². The molecule has 0 aliphatic carbocycles. The first-order valence-corrected chi connectivity index (χ1v) is 15.0. The molecule has 0 bridgehead atoms. The van der Waals surface area contributed by atoms with Crippen LogP contribution in [0.2, 0.25) is 0 Å². The first kappa shape index (κ1) is 30.1. The van der Waals surface area contributed by atoms with E-state index in [-0.39, 0.29) is 0 Å². The van der Waals surface area contributed by atoms with Gasteiger partial charge in [0.25, 0.3) is 0 Å². The molecular formula is C29H51O3P. The Labute approximate surface area is 206 Å². The summed E-state index contributed by atoms with van der Waals surface area (Å²) in [5.41, 5.74) is 2.45. The molecule has 1 rings (SSSR count). The Hall–Kier alpha value is -0.890. The summed E-state index contributed by atoms with van der Waals surface area (Å²) in [6.45, 7) is 4.50. The van der Waals surface area contributed by atoms with E-state index in [9.17, 15) is 9.79 Å². The molecule has 0 radical (unpaired) electrons. The fraction of sp³-hybridized carbons (Fsp3) is 0.724. The fourth-order valence-electron chi connectivity index (χ4n) is 4.30. The van der Waals surface area contributed by atoms with E-state index in [0.717, 1.165) is 24.8 Å². The molecule has 1 aromatic carbocycles. The summed E-state index contributed by atoms with van der Waals surface area (Å²) in [5.74, 6) is 0.637. The highest BCUT2D eigenvalue weighted by molar-refractivity contribution is 7.39.